The molecule has 5 rings (SSSR count). The first-order valence-corrected chi connectivity index (χ1v) is 14.1. The summed E-state index contributed by atoms with van der Waals surface area (Å²) in [4.78, 5) is 18.8. The first-order valence-electron chi connectivity index (χ1n) is 13.7. The van der Waals surface area contributed by atoms with Gasteiger partial charge in [0.2, 0.25) is 0 Å². The summed E-state index contributed by atoms with van der Waals surface area (Å²) in [5.41, 5.74) is 3.59. The van der Waals surface area contributed by atoms with E-state index in [1.165, 1.54) is 24.1 Å². The molecule has 5 aromatic rings. The number of hydrogen-bond acceptors (Lipinski definition) is 6. The van der Waals surface area contributed by atoms with Crippen LogP contribution in [0.15, 0.2) is 82.7 Å². The van der Waals surface area contributed by atoms with Crippen molar-refractivity contribution in [3.8, 4) is 28.6 Å². The predicted octanol–water partition coefficient (Wildman–Crippen LogP) is 7.77. The Labute approximate surface area is 254 Å². The number of methoxy groups -OCH3 is 2. The summed E-state index contributed by atoms with van der Waals surface area (Å²) in [7, 11) is 3.12. The monoisotopic (exact) mass is 599 g/mol. The SMILES string of the molecule is COc1cc(C)c(-c2nc3ccccc3c(=O)n2N=Cc2cc(Cl)cc(OC)c2OCc2ccccc2F)cc1C(C)C. The van der Waals surface area contributed by atoms with Crippen LogP contribution in [-0.4, -0.2) is 30.1 Å². The van der Waals surface area contributed by atoms with E-state index in [0.29, 0.717) is 44.4 Å². The number of halogens is 2. The molecule has 43 heavy (non-hydrogen) atoms. The lowest BCUT2D eigenvalue weighted by atomic mass is 9.96. The molecular formula is C34H31ClFN3O4. The largest absolute Gasteiger partial charge is 0.496 e. The van der Waals surface area contributed by atoms with E-state index in [9.17, 15) is 9.18 Å². The molecule has 220 valence electrons. The Morgan fingerprint density at radius 3 is 2.44 bits per heavy atom. The highest BCUT2D eigenvalue weighted by atomic mass is 35.5. The van der Waals surface area contributed by atoms with Crippen molar-refractivity contribution in [3.05, 3.63) is 116 Å². The number of benzene rings is 4. The molecule has 0 bridgehead atoms. The fourth-order valence-electron chi connectivity index (χ4n) is 4.85. The maximum atomic E-state index is 14.3. The van der Waals surface area contributed by atoms with Crippen molar-refractivity contribution < 1.29 is 18.6 Å². The minimum absolute atomic E-state index is 0.0583. The van der Waals surface area contributed by atoms with E-state index < -0.39 is 0 Å². The van der Waals surface area contributed by atoms with Crippen LogP contribution in [0.1, 0.15) is 42.0 Å². The molecule has 9 heteroatoms. The van der Waals surface area contributed by atoms with Crippen LogP contribution in [0.5, 0.6) is 17.2 Å². The summed E-state index contributed by atoms with van der Waals surface area (Å²) in [6.07, 6.45) is 1.47. The molecule has 4 aromatic carbocycles. The Bertz CT molecular complexity index is 1900. The normalized spacial score (nSPS) is 11.4. The lowest BCUT2D eigenvalue weighted by Crippen LogP contribution is -2.21. The highest BCUT2D eigenvalue weighted by Crippen LogP contribution is 2.36. The van der Waals surface area contributed by atoms with Gasteiger partial charge in [0, 0.05) is 27.8 Å². The van der Waals surface area contributed by atoms with Crippen molar-refractivity contribution in [1.29, 1.82) is 0 Å². The summed E-state index contributed by atoms with van der Waals surface area (Å²) in [6.45, 7) is 6.03. The number of hydrogen-bond donors (Lipinski definition) is 0. The van der Waals surface area contributed by atoms with Crippen LogP contribution in [0.25, 0.3) is 22.3 Å². The molecule has 1 aromatic heterocycles. The van der Waals surface area contributed by atoms with Crippen LogP contribution in [0, 0.1) is 12.7 Å². The van der Waals surface area contributed by atoms with E-state index >= 15 is 0 Å². The molecule has 0 unspecified atom stereocenters. The predicted molar refractivity (Wildman–Crippen MR) is 169 cm³/mol. The molecule has 0 fully saturated rings. The van der Waals surface area contributed by atoms with E-state index in [2.05, 4.69) is 18.9 Å². The van der Waals surface area contributed by atoms with E-state index in [0.717, 1.165) is 22.4 Å². The van der Waals surface area contributed by atoms with Crippen molar-refractivity contribution in [1.82, 2.24) is 9.66 Å². The van der Waals surface area contributed by atoms with Crippen molar-refractivity contribution in [3.63, 3.8) is 0 Å². The maximum absolute atomic E-state index is 14.3. The second-order valence-corrected chi connectivity index (χ2v) is 10.7. The molecule has 0 spiro atoms. The van der Waals surface area contributed by atoms with Gasteiger partial charge >= 0.3 is 0 Å². The molecule has 0 radical (unpaired) electrons. The van der Waals surface area contributed by atoms with Gasteiger partial charge in [0.05, 0.1) is 31.3 Å². The smallest absolute Gasteiger partial charge is 0.282 e. The van der Waals surface area contributed by atoms with Crippen LogP contribution >= 0.6 is 11.6 Å². The zero-order chi connectivity index (χ0) is 30.7. The number of aryl methyl sites for hydroxylation is 1. The number of ether oxygens (including phenoxy) is 3. The highest BCUT2D eigenvalue weighted by molar-refractivity contribution is 6.31. The van der Waals surface area contributed by atoms with Gasteiger partial charge in [-0.3, -0.25) is 4.79 Å². The summed E-state index contributed by atoms with van der Waals surface area (Å²) >= 11 is 6.41. The summed E-state index contributed by atoms with van der Waals surface area (Å²) < 4.78 is 32.8. The van der Waals surface area contributed by atoms with Crippen LogP contribution in [0.4, 0.5) is 4.39 Å². The molecule has 0 atom stereocenters. The molecule has 0 N–H and O–H groups in total. The number of nitrogens with zero attached hydrogens (tertiary/aromatic N) is 3. The zero-order valence-electron chi connectivity index (χ0n) is 24.5. The standard InChI is InChI=1S/C34H31ClFN3O4/c1-20(2)26-17-27(21(3)14-30(26)41-4)33-38-29-13-9-7-11-25(29)34(40)39(33)37-18-23-15-24(35)16-31(42-5)32(23)43-19-22-10-6-8-12-28(22)36/h6-18,20H,19H2,1-5H3. The lowest BCUT2D eigenvalue weighted by Gasteiger charge is -2.17. The third-order valence-electron chi connectivity index (χ3n) is 7.10. The number of aromatic nitrogens is 2. The van der Waals surface area contributed by atoms with Crippen molar-refractivity contribution in [2.24, 2.45) is 5.10 Å². The Balaban J connectivity index is 1.68. The van der Waals surface area contributed by atoms with Gasteiger partial charge in [-0.2, -0.15) is 9.78 Å². The van der Waals surface area contributed by atoms with Crippen LogP contribution < -0.4 is 19.8 Å². The number of rotatable bonds is 9. The Kier molecular flexibility index (Phi) is 8.78. The van der Waals surface area contributed by atoms with Gasteiger partial charge in [0.1, 0.15) is 18.2 Å². The summed E-state index contributed by atoms with van der Waals surface area (Å²) in [5.74, 6) is 1.53. The Morgan fingerprint density at radius 1 is 1.00 bits per heavy atom. The fourth-order valence-corrected chi connectivity index (χ4v) is 5.06. The average Bonchev–Trinajstić information content (AvgIpc) is 3.00. The zero-order valence-corrected chi connectivity index (χ0v) is 25.3. The molecule has 0 aliphatic carbocycles. The van der Waals surface area contributed by atoms with Gasteiger partial charge in [-0.05, 0) is 60.4 Å². The molecule has 1 heterocycles. The highest BCUT2D eigenvalue weighted by Gasteiger charge is 2.19. The first-order chi connectivity index (χ1) is 20.7. The molecule has 0 amide bonds. The molecule has 7 nitrogen and oxygen atoms in total. The molecule has 0 aliphatic rings. The van der Waals surface area contributed by atoms with Crippen molar-refractivity contribution in [2.45, 2.75) is 33.3 Å². The van der Waals surface area contributed by atoms with Gasteiger partial charge in [-0.1, -0.05) is 55.8 Å². The topological polar surface area (TPSA) is 74.9 Å². The molecule has 0 saturated heterocycles. The van der Waals surface area contributed by atoms with Crippen LogP contribution in [0.3, 0.4) is 0 Å². The number of fused-ring (bicyclic) bond motifs is 1. The van der Waals surface area contributed by atoms with E-state index in [-0.39, 0.29) is 23.9 Å². The third kappa shape index (κ3) is 6.10. The van der Waals surface area contributed by atoms with Crippen LogP contribution in [0.2, 0.25) is 5.02 Å². The molecule has 0 saturated carbocycles. The third-order valence-corrected chi connectivity index (χ3v) is 7.32. The fraction of sp³-hybridized carbons (Fsp3) is 0.206. The molecular weight excluding hydrogens is 569 g/mol. The van der Waals surface area contributed by atoms with E-state index in [1.54, 1.807) is 55.6 Å². The van der Waals surface area contributed by atoms with E-state index in [1.807, 2.05) is 25.1 Å². The first kappa shape index (κ1) is 29.8. The summed E-state index contributed by atoms with van der Waals surface area (Å²) in [6, 6.07) is 20.7. The van der Waals surface area contributed by atoms with Gasteiger partial charge in [-0.15, -0.1) is 0 Å². The number of para-hydroxylation sites is 1. The minimum atomic E-state index is -0.389. The van der Waals surface area contributed by atoms with Gasteiger partial charge in [-0.25, -0.2) is 9.37 Å². The minimum Gasteiger partial charge on any atom is -0.496 e. The average molecular weight is 600 g/mol. The quantitative estimate of drug-likeness (QED) is 0.162. The van der Waals surface area contributed by atoms with Gasteiger partial charge in [0.15, 0.2) is 17.3 Å². The van der Waals surface area contributed by atoms with Crippen molar-refractivity contribution in [2.75, 3.05) is 14.2 Å². The maximum Gasteiger partial charge on any atom is 0.282 e. The van der Waals surface area contributed by atoms with Crippen LogP contribution in [-0.2, 0) is 6.61 Å². The second kappa shape index (κ2) is 12.7. The van der Waals surface area contributed by atoms with Gasteiger partial charge < -0.3 is 14.2 Å². The molecule has 0 aliphatic heterocycles. The Morgan fingerprint density at radius 2 is 1.72 bits per heavy atom. The Hall–Kier alpha value is -4.69. The second-order valence-electron chi connectivity index (χ2n) is 10.3. The van der Waals surface area contributed by atoms with Gasteiger partial charge in [0.25, 0.3) is 5.56 Å². The van der Waals surface area contributed by atoms with E-state index in [4.69, 9.17) is 30.8 Å². The summed E-state index contributed by atoms with van der Waals surface area (Å²) in [5, 5.41) is 5.41. The lowest BCUT2D eigenvalue weighted by molar-refractivity contribution is 0.279. The van der Waals surface area contributed by atoms with Crippen molar-refractivity contribution >= 4 is 28.7 Å².